The molecule has 2 heterocycles. The Hall–Kier alpha value is -2.47. The van der Waals surface area contributed by atoms with E-state index in [1.807, 2.05) is 43.5 Å². The van der Waals surface area contributed by atoms with Gasteiger partial charge in [0.15, 0.2) is 5.69 Å². The second-order valence-corrected chi connectivity index (χ2v) is 5.77. The number of aryl methyl sites for hydroxylation is 2. The lowest BCUT2D eigenvalue weighted by molar-refractivity contribution is 0.0691. The van der Waals surface area contributed by atoms with E-state index in [1.165, 1.54) is 11.3 Å². The van der Waals surface area contributed by atoms with Crippen molar-refractivity contribution in [3.63, 3.8) is 0 Å². The summed E-state index contributed by atoms with van der Waals surface area (Å²) in [5.74, 6) is -1.07. The van der Waals surface area contributed by atoms with Gasteiger partial charge in [-0.2, -0.15) is 0 Å². The van der Waals surface area contributed by atoms with Crippen molar-refractivity contribution in [1.82, 2.24) is 15.0 Å². The van der Waals surface area contributed by atoms with Crippen LogP contribution in [0.1, 0.15) is 21.6 Å². The van der Waals surface area contributed by atoms with E-state index < -0.39 is 5.97 Å². The normalized spacial score (nSPS) is 10.8. The van der Waals surface area contributed by atoms with Crippen molar-refractivity contribution >= 4 is 17.3 Å². The lowest BCUT2D eigenvalue weighted by Gasteiger charge is -2.08. The molecule has 0 aliphatic heterocycles. The molecule has 0 bridgehead atoms. The van der Waals surface area contributed by atoms with Crippen molar-refractivity contribution in [2.45, 2.75) is 13.8 Å². The first kappa shape index (κ1) is 13.5. The molecular weight excluding hydrogens is 286 g/mol. The van der Waals surface area contributed by atoms with E-state index in [-0.39, 0.29) is 5.69 Å². The van der Waals surface area contributed by atoms with Crippen LogP contribution in [0.4, 0.5) is 0 Å². The lowest BCUT2D eigenvalue weighted by atomic mass is 10.1. The van der Waals surface area contributed by atoms with Crippen molar-refractivity contribution < 1.29 is 9.90 Å². The molecule has 21 heavy (non-hydrogen) atoms. The molecule has 2 aromatic heterocycles. The Balaban J connectivity index is 2.26. The van der Waals surface area contributed by atoms with Gasteiger partial charge in [-0.05, 0) is 48.6 Å². The van der Waals surface area contributed by atoms with Crippen molar-refractivity contribution in [3.05, 3.63) is 52.5 Å². The zero-order chi connectivity index (χ0) is 15.0. The molecule has 0 fully saturated rings. The van der Waals surface area contributed by atoms with E-state index in [0.717, 1.165) is 21.7 Å². The van der Waals surface area contributed by atoms with Gasteiger partial charge in [-0.1, -0.05) is 17.3 Å². The fourth-order valence-corrected chi connectivity index (χ4v) is 3.07. The third-order valence-electron chi connectivity index (χ3n) is 3.08. The average Bonchev–Trinajstić information content (AvgIpc) is 3.06. The maximum Gasteiger partial charge on any atom is 0.358 e. The van der Waals surface area contributed by atoms with Crippen molar-refractivity contribution in [2.75, 3.05) is 0 Å². The smallest absolute Gasteiger partial charge is 0.358 e. The average molecular weight is 299 g/mol. The summed E-state index contributed by atoms with van der Waals surface area (Å²) in [5.41, 5.74) is 3.49. The number of rotatable bonds is 3. The van der Waals surface area contributed by atoms with Crippen LogP contribution in [0.2, 0.25) is 0 Å². The molecule has 0 radical (unpaired) electrons. The van der Waals surface area contributed by atoms with E-state index in [4.69, 9.17) is 0 Å². The van der Waals surface area contributed by atoms with Gasteiger partial charge < -0.3 is 5.11 Å². The van der Waals surface area contributed by atoms with Gasteiger partial charge in [-0.15, -0.1) is 16.4 Å². The molecule has 106 valence electrons. The third kappa shape index (κ3) is 2.45. The first-order chi connectivity index (χ1) is 10.1. The van der Waals surface area contributed by atoms with Crippen LogP contribution in [-0.2, 0) is 0 Å². The van der Waals surface area contributed by atoms with E-state index in [2.05, 4.69) is 16.4 Å². The van der Waals surface area contributed by atoms with E-state index in [1.54, 1.807) is 4.68 Å². The maximum absolute atomic E-state index is 11.4. The molecule has 3 aromatic rings. The number of aromatic carboxylic acids is 1. The number of carboxylic acid groups (broad SMARTS) is 1. The van der Waals surface area contributed by atoms with Crippen LogP contribution in [0.25, 0.3) is 16.3 Å². The molecule has 0 atom stereocenters. The minimum atomic E-state index is -1.07. The molecule has 0 saturated carbocycles. The number of benzene rings is 1. The van der Waals surface area contributed by atoms with Crippen LogP contribution in [0.15, 0.2) is 35.7 Å². The summed E-state index contributed by atoms with van der Waals surface area (Å²) >= 11 is 1.47. The minimum absolute atomic E-state index is 0.0309. The maximum atomic E-state index is 11.4. The number of carboxylic acids is 1. The van der Waals surface area contributed by atoms with Gasteiger partial charge >= 0.3 is 5.97 Å². The number of hydrogen-bond donors (Lipinski definition) is 1. The van der Waals surface area contributed by atoms with E-state index in [0.29, 0.717) is 5.69 Å². The quantitative estimate of drug-likeness (QED) is 0.805. The molecular formula is C15H13N3O2S. The number of carbonyl (C=O) groups is 1. The minimum Gasteiger partial charge on any atom is -0.476 e. The highest BCUT2D eigenvalue weighted by Crippen LogP contribution is 2.29. The summed E-state index contributed by atoms with van der Waals surface area (Å²) < 4.78 is 1.59. The van der Waals surface area contributed by atoms with Gasteiger partial charge in [0.05, 0.1) is 10.6 Å². The van der Waals surface area contributed by atoms with Crippen LogP contribution < -0.4 is 0 Å². The number of hydrogen-bond acceptors (Lipinski definition) is 4. The molecule has 6 heteroatoms. The summed E-state index contributed by atoms with van der Waals surface area (Å²) in [5, 5.41) is 19.1. The Morgan fingerprint density at radius 2 is 1.95 bits per heavy atom. The largest absolute Gasteiger partial charge is 0.476 e. The summed E-state index contributed by atoms with van der Waals surface area (Å²) in [6.07, 6.45) is 0. The summed E-state index contributed by atoms with van der Waals surface area (Å²) in [6, 6.07) is 9.73. The molecule has 0 aliphatic rings. The van der Waals surface area contributed by atoms with Crippen LogP contribution >= 0.6 is 11.3 Å². The zero-order valence-electron chi connectivity index (χ0n) is 11.6. The summed E-state index contributed by atoms with van der Waals surface area (Å²) in [6.45, 7) is 3.99. The lowest BCUT2D eigenvalue weighted by Crippen LogP contribution is -2.02. The van der Waals surface area contributed by atoms with E-state index >= 15 is 0 Å². The van der Waals surface area contributed by atoms with Crippen LogP contribution in [0.3, 0.4) is 0 Å². The van der Waals surface area contributed by atoms with Crippen LogP contribution in [0.5, 0.6) is 0 Å². The molecule has 0 amide bonds. The standard InChI is InChI=1S/C15H13N3O2S/c1-9-6-10(2)8-11(7-9)18-14(12-4-3-5-21-12)13(15(19)20)16-17-18/h3-8H,1-2H3,(H,19,20). The monoisotopic (exact) mass is 299 g/mol. The van der Waals surface area contributed by atoms with Gasteiger partial charge in [0.25, 0.3) is 0 Å². The second kappa shape index (κ2) is 5.14. The topological polar surface area (TPSA) is 68.0 Å². The third-order valence-corrected chi connectivity index (χ3v) is 3.96. The molecule has 1 N–H and O–H groups in total. The fourth-order valence-electron chi connectivity index (χ4n) is 2.31. The number of nitrogens with zero attached hydrogens (tertiary/aromatic N) is 3. The molecule has 0 aliphatic carbocycles. The number of thiophene rings is 1. The highest BCUT2D eigenvalue weighted by Gasteiger charge is 2.22. The van der Waals surface area contributed by atoms with Crippen molar-refractivity contribution in [1.29, 1.82) is 0 Å². The highest BCUT2D eigenvalue weighted by molar-refractivity contribution is 7.13. The molecule has 3 rings (SSSR count). The van der Waals surface area contributed by atoms with Gasteiger partial charge in [0, 0.05) is 0 Å². The Kier molecular flexibility index (Phi) is 3.31. The zero-order valence-corrected chi connectivity index (χ0v) is 12.4. The van der Waals surface area contributed by atoms with Gasteiger partial charge in [-0.25, -0.2) is 9.48 Å². The molecule has 5 nitrogen and oxygen atoms in total. The Bertz CT molecular complexity index is 786. The summed E-state index contributed by atoms with van der Waals surface area (Å²) in [4.78, 5) is 12.2. The number of aromatic nitrogens is 3. The predicted molar refractivity (Wildman–Crippen MR) is 81.1 cm³/mol. The Morgan fingerprint density at radius 3 is 2.52 bits per heavy atom. The summed E-state index contributed by atoms with van der Waals surface area (Å²) in [7, 11) is 0. The fraction of sp³-hybridized carbons (Fsp3) is 0.133. The molecule has 0 unspecified atom stereocenters. The van der Waals surface area contributed by atoms with Crippen LogP contribution in [-0.4, -0.2) is 26.1 Å². The Morgan fingerprint density at radius 1 is 1.24 bits per heavy atom. The first-order valence-electron chi connectivity index (χ1n) is 6.38. The SMILES string of the molecule is Cc1cc(C)cc(-n2nnc(C(=O)O)c2-c2cccs2)c1. The molecule has 0 saturated heterocycles. The van der Waals surface area contributed by atoms with Crippen LogP contribution in [0, 0.1) is 13.8 Å². The van der Waals surface area contributed by atoms with Gasteiger partial charge in [-0.3, -0.25) is 0 Å². The van der Waals surface area contributed by atoms with Crippen molar-refractivity contribution in [3.8, 4) is 16.3 Å². The molecule has 0 spiro atoms. The second-order valence-electron chi connectivity index (χ2n) is 4.83. The van der Waals surface area contributed by atoms with Crippen molar-refractivity contribution in [2.24, 2.45) is 0 Å². The molecule has 1 aromatic carbocycles. The van der Waals surface area contributed by atoms with Gasteiger partial charge in [0.1, 0.15) is 5.69 Å². The first-order valence-corrected chi connectivity index (χ1v) is 7.26. The van der Waals surface area contributed by atoms with Gasteiger partial charge in [0.2, 0.25) is 0 Å². The Labute approximate surface area is 125 Å². The predicted octanol–water partition coefficient (Wildman–Crippen LogP) is 3.31. The highest BCUT2D eigenvalue weighted by atomic mass is 32.1. The van der Waals surface area contributed by atoms with E-state index in [9.17, 15) is 9.90 Å².